The molecule has 0 saturated heterocycles. The van der Waals surface area contributed by atoms with Crippen LogP contribution in [0.5, 0.6) is 0 Å². The van der Waals surface area contributed by atoms with Crippen LogP contribution in [0, 0.1) is 0 Å². The zero-order chi connectivity index (χ0) is 15.5. The molecule has 0 radical (unpaired) electrons. The average Bonchev–Trinajstić information content (AvgIpc) is 2.50. The van der Waals surface area contributed by atoms with Crippen LogP contribution in [0.25, 0.3) is 0 Å². The van der Waals surface area contributed by atoms with E-state index in [-0.39, 0.29) is 6.03 Å². The Kier molecular flexibility index (Phi) is 8.47. The Balaban J connectivity index is 2.38. The highest BCUT2D eigenvalue weighted by atomic mass is 16.5. The number of benzene rings is 1. The van der Waals surface area contributed by atoms with E-state index in [1.54, 1.807) is 7.11 Å². The molecule has 1 unspecified atom stereocenters. The molecule has 2 amide bonds. The van der Waals surface area contributed by atoms with Gasteiger partial charge in [0.05, 0.1) is 0 Å². The largest absolute Gasteiger partial charge is 0.385 e. The Labute approximate surface area is 127 Å². The number of hydrogen-bond acceptors (Lipinski definition) is 3. The minimum absolute atomic E-state index is 0.184. The summed E-state index contributed by atoms with van der Waals surface area (Å²) in [5.41, 5.74) is 2.01. The fourth-order valence-corrected chi connectivity index (χ4v) is 1.93. The Morgan fingerprint density at radius 3 is 2.57 bits per heavy atom. The van der Waals surface area contributed by atoms with Gasteiger partial charge in [-0.1, -0.05) is 19.1 Å². The Hall–Kier alpha value is -1.59. The van der Waals surface area contributed by atoms with E-state index < -0.39 is 0 Å². The van der Waals surface area contributed by atoms with Crippen molar-refractivity contribution >= 4 is 11.7 Å². The van der Waals surface area contributed by atoms with E-state index in [0.29, 0.717) is 19.2 Å². The van der Waals surface area contributed by atoms with Crippen molar-refractivity contribution in [2.24, 2.45) is 0 Å². The van der Waals surface area contributed by atoms with Crippen molar-refractivity contribution < 1.29 is 9.53 Å². The molecule has 21 heavy (non-hydrogen) atoms. The summed E-state index contributed by atoms with van der Waals surface area (Å²) < 4.78 is 4.93. The molecule has 1 rings (SSSR count). The Morgan fingerprint density at radius 2 is 1.95 bits per heavy atom. The van der Waals surface area contributed by atoms with Crippen LogP contribution in [-0.4, -0.2) is 32.8 Å². The van der Waals surface area contributed by atoms with Crippen LogP contribution in [0.3, 0.4) is 0 Å². The first-order chi connectivity index (χ1) is 10.2. The summed E-state index contributed by atoms with van der Waals surface area (Å²) in [5.74, 6) is 0. The molecule has 0 aliphatic rings. The van der Waals surface area contributed by atoms with Gasteiger partial charge in [-0.2, -0.15) is 0 Å². The number of ether oxygens (including phenoxy) is 1. The highest BCUT2D eigenvalue weighted by Gasteiger charge is 2.05. The number of hydrogen-bond donors (Lipinski definition) is 3. The summed E-state index contributed by atoms with van der Waals surface area (Å²) >= 11 is 0. The molecule has 1 aromatic carbocycles. The van der Waals surface area contributed by atoms with Crippen LogP contribution in [0.4, 0.5) is 10.5 Å². The first kappa shape index (κ1) is 17.5. The highest BCUT2D eigenvalue weighted by Crippen LogP contribution is 2.15. The Bertz CT molecular complexity index is 406. The predicted molar refractivity (Wildman–Crippen MR) is 86.7 cm³/mol. The minimum atomic E-state index is -0.184. The number of amides is 2. The molecule has 0 aliphatic heterocycles. The molecule has 0 bridgehead atoms. The molecule has 5 heteroatoms. The normalized spacial score (nSPS) is 12.0. The summed E-state index contributed by atoms with van der Waals surface area (Å²) in [6.45, 7) is 6.55. The van der Waals surface area contributed by atoms with Crippen LogP contribution in [-0.2, 0) is 4.74 Å². The van der Waals surface area contributed by atoms with Crippen LogP contribution in [0.15, 0.2) is 24.3 Å². The van der Waals surface area contributed by atoms with Crippen molar-refractivity contribution in [2.45, 2.75) is 32.7 Å². The zero-order valence-corrected chi connectivity index (χ0v) is 13.2. The maximum atomic E-state index is 11.7. The monoisotopic (exact) mass is 293 g/mol. The topological polar surface area (TPSA) is 62.4 Å². The van der Waals surface area contributed by atoms with E-state index in [0.717, 1.165) is 25.1 Å². The maximum Gasteiger partial charge on any atom is 0.319 e. The van der Waals surface area contributed by atoms with E-state index in [4.69, 9.17) is 4.74 Å². The molecule has 118 valence electrons. The van der Waals surface area contributed by atoms with E-state index in [2.05, 4.69) is 29.8 Å². The van der Waals surface area contributed by atoms with Gasteiger partial charge in [0, 0.05) is 32.0 Å². The van der Waals surface area contributed by atoms with Gasteiger partial charge in [-0.15, -0.1) is 0 Å². The Morgan fingerprint density at radius 1 is 1.24 bits per heavy atom. The third kappa shape index (κ3) is 7.11. The molecule has 0 spiro atoms. The van der Waals surface area contributed by atoms with Gasteiger partial charge in [-0.05, 0) is 44.0 Å². The van der Waals surface area contributed by atoms with Gasteiger partial charge in [0.25, 0.3) is 0 Å². The van der Waals surface area contributed by atoms with Crippen LogP contribution < -0.4 is 16.0 Å². The van der Waals surface area contributed by atoms with Crippen LogP contribution in [0.1, 0.15) is 38.3 Å². The van der Waals surface area contributed by atoms with E-state index in [9.17, 15) is 4.79 Å². The number of carbonyl (C=O) groups is 1. The molecule has 0 saturated carbocycles. The fourth-order valence-electron chi connectivity index (χ4n) is 1.93. The maximum absolute atomic E-state index is 11.7. The first-order valence-electron chi connectivity index (χ1n) is 7.54. The lowest BCUT2D eigenvalue weighted by Gasteiger charge is -2.14. The summed E-state index contributed by atoms with van der Waals surface area (Å²) in [5, 5.41) is 9.04. The van der Waals surface area contributed by atoms with E-state index in [1.165, 1.54) is 5.56 Å². The minimum Gasteiger partial charge on any atom is -0.385 e. The summed E-state index contributed by atoms with van der Waals surface area (Å²) in [6, 6.07) is 8.06. The lowest BCUT2D eigenvalue weighted by Crippen LogP contribution is -2.30. The fraction of sp³-hybridized carbons (Fsp3) is 0.562. The quantitative estimate of drug-likeness (QED) is 0.613. The van der Waals surface area contributed by atoms with Crippen molar-refractivity contribution in [3.63, 3.8) is 0 Å². The van der Waals surface area contributed by atoms with Crippen molar-refractivity contribution in [1.82, 2.24) is 10.6 Å². The summed E-state index contributed by atoms with van der Waals surface area (Å²) in [7, 11) is 1.65. The van der Waals surface area contributed by atoms with Crippen LogP contribution in [0.2, 0.25) is 0 Å². The standard InChI is InChI=1S/C16H27N3O2/c1-4-10-17-13(2)14-6-8-15(9-7-14)19-16(20)18-11-5-12-21-3/h6-9,13,17H,4-5,10-12H2,1-3H3,(H2,18,19,20). The molecule has 0 aliphatic carbocycles. The second-order valence-electron chi connectivity index (χ2n) is 5.03. The van der Waals surface area contributed by atoms with Gasteiger partial charge in [0.15, 0.2) is 0 Å². The van der Waals surface area contributed by atoms with Gasteiger partial charge in [-0.3, -0.25) is 0 Å². The SMILES string of the molecule is CCCNC(C)c1ccc(NC(=O)NCCCOC)cc1. The second kappa shape index (κ2) is 10.2. The smallest absolute Gasteiger partial charge is 0.319 e. The number of carbonyl (C=O) groups excluding carboxylic acids is 1. The lowest BCUT2D eigenvalue weighted by molar-refractivity contribution is 0.194. The molecule has 0 aromatic heterocycles. The van der Waals surface area contributed by atoms with Gasteiger partial charge in [0.2, 0.25) is 0 Å². The number of urea groups is 1. The number of nitrogens with one attached hydrogen (secondary N) is 3. The van der Waals surface area contributed by atoms with E-state index in [1.807, 2.05) is 24.3 Å². The molecule has 0 fully saturated rings. The van der Waals surface area contributed by atoms with Gasteiger partial charge in [-0.25, -0.2) is 4.79 Å². The second-order valence-corrected chi connectivity index (χ2v) is 5.03. The number of methoxy groups -OCH3 is 1. The number of anilines is 1. The predicted octanol–water partition coefficient (Wildman–Crippen LogP) is 2.91. The van der Waals surface area contributed by atoms with Crippen molar-refractivity contribution in [3.8, 4) is 0 Å². The highest BCUT2D eigenvalue weighted by molar-refractivity contribution is 5.89. The summed E-state index contributed by atoms with van der Waals surface area (Å²) in [6.07, 6.45) is 1.93. The molecule has 3 N–H and O–H groups in total. The third-order valence-corrected chi connectivity index (χ3v) is 3.18. The van der Waals surface area contributed by atoms with Crippen LogP contribution >= 0.6 is 0 Å². The first-order valence-corrected chi connectivity index (χ1v) is 7.54. The zero-order valence-electron chi connectivity index (χ0n) is 13.2. The van der Waals surface area contributed by atoms with Crippen molar-refractivity contribution in [2.75, 3.05) is 32.1 Å². The number of rotatable bonds is 9. The molecule has 1 atom stereocenters. The molecule has 0 heterocycles. The van der Waals surface area contributed by atoms with E-state index >= 15 is 0 Å². The van der Waals surface area contributed by atoms with Gasteiger partial charge in [0.1, 0.15) is 0 Å². The molecule has 5 nitrogen and oxygen atoms in total. The molecular formula is C16H27N3O2. The van der Waals surface area contributed by atoms with Gasteiger partial charge >= 0.3 is 6.03 Å². The third-order valence-electron chi connectivity index (χ3n) is 3.18. The molecular weight excluding hydrogens is 266 g/mol. The lowest BCUT2D eigenvalue weighted by atomic mass is 10.1. The van der Waals surface area contributed by atoms with Gasteiger partial charge < -0.3 is 20.7 Å². The van der Waals surface area contributed by atoms with Crippen molar-refractivity contribution in [1.29, 1.82) is 0 Å². The molecule has 1 aromatic rings. The average molecular weight is 293 g/mol. The summed E-state index contributed by atoms with van der Waals surface area (Å²) in [4.78, 5) is 11.7. The van der Waals surface area contributed by atoms with Crippen molar-refractivity contribution in [3.05, 3.63) is 29.8 Å².